The minimum absolute atomic E-state index is 0.234. The molecular formula is C11H17N3O2S. The van der Waals surface area contributed by atoms with Crippen LogP contribution in [0.25, 0.3) is 0 Å². The van der Waals surface area contributed by atoms with Crippen LogP contribution in [0.1, 0.15) is 31.4 Å². The molecule has 0 bridgehead atoms. The summed E-state index contributed by atoms with van der Waals surface area (Å²) in [4.78, 5) is 0.234. The molecule has 0 saturated carbocycles. The summed E-state index contributed by atoms with van der Waals surface area (Å²) in [5.74, 6) is 0. The van der Waals surface area contributed by atoms with Gasteiger partial charge in [-0.1, -0.05) is 11.6 Å². The summed E-state index contributed by atoms with van der Waals surface area (Å²) in [5, 5.41) is 6.34. The van der Waals surface area contributed by atoms with Crippen LogP contribution in [-0.2, 0) is 10.0 Å². The third-order valence-electron chi connectivity index (χ3n) is 2.95. The van der Waals surface area contributed by atoms with E-state index in [9.17, 15) is 8.42 Å². The van der Waals surface area contributed by atoms with Crippen molar-refractivity contribution in [3.63, 3.8) is 0 Å². The highest BCUT2D eigenvalue weighted by Crippen LogP contribution is 2.20. The van der Waals surface area contributed by atoms with Crippen LogP contribution in [0.3, 0.4) is 0 Å². The van der Waals surface area contributed by atoms with E-state index in [4.69, 9.17) is 0 Å². The maximum Gasteiger partial charge on any atom is 0.243 e. The highest BCUT2D eigenvalue weighted by Gasteiger charge is 2.18. The van der Waals surface area contributed by atoms with Gasteiger partial charge >= 0.3 is 0 Å². The lowest BCUT2D eigenvalue weighted by atomic mass is 10.2. The largest absolute Gasteiger partial charge is 0.281 e. The molecular weight excluding hydrogens is 238 g/mol. The Bertz CT molecular complexity index is 517. The second-order valence-electron chi connectivity index (χ2n) is 4.26. The fourth-order valence-electron chi connectivity index (χ4n) is 2.00. The molecule has 17 heavy (non-hydrogen) atoms. The van der Waals surface area contributed by atoms with E-state index in [0.717, 1.165) is 19.3 Å². The lowest BCUT2D eigenvalue weighted by Gasteiger charge is -2.06. The molecule has 0 radical (unpaired) electrons. The Morgan fingerprint density at radius 1 is 1.53 bits per heavy atom. The number of aryl methyl sites for hydroxylation is 1. The van der Waals surface area contributed by atoms with E-state index < -0.39 is 10.0 Å². The first-order valence-electron chi connectivity index (χ1n) is 5.77. The van der Waals surface area contributed by atoms with Crippen molar-refractivity contribution >= 4 is 10.0 Å². The number of H-pyrrole nitrogens is 1. The van der Waals surface area contributed by atoms with Crippen molar-refractivity contribution in [3.05, 3.63) is 23.5 Å². The first kappa shape index (κ1) is 12.3. The van der Waals surface area contributed by atoms with E-state index in [-0.39, 0.29) is 4.90 Å². The average Bonchev–Trinajstić information content (AvgIpc) is 2.88. The van der Waals surface area contributed by atoms with Crippen molar-refractivity contribution in [1.29, 1.82) is 0 Å². The number of hydrogen-bond acceptors (Lipinski definition) is 3. The zero-order valence-corrected chi connectivity index (χ0v) is 10.7. The van der Waals surface area contributed by atoms with E-state index in [0.29, 0.717) is 12.2 Å². The summed E-state index contributed by atoms with van der Waals surface area (Å²) in [5.41, 5.74) is 1.93. The number of aromatic nitrogens is 2. The number of hydrogen-bond donors (Lipinski definition) is 2. The molecule has 1 heterocycles. The van der Waals surface area contributed by atoms with Crippen LogP contribution in [-0.4, -0.2) is 25.2 Å². The molecule has 0 aliphatic heterocycles. The van der Waals surface area contributed by atoms with E-state index in [2.05, 4.69) is 21.0 Å². The van der Waals surface area contributed by atoms with E-state index in [1.54, 1.807) is 6.92 Å². The minimum Gasteiger partial charge on any atom is -0.281 e. The Hall–Kier alpha value is -1.14. The summed E-state index contributed by atoms with van der Waals surface area (Å²) in [6.45, 7) is 2.15. The normalized spacial score (nSPS) is 16.2. The summed E-state index contributed by atoms with van der Waals surface area (Å²) in [6, 6.07) is 0. The molecule has 2 N–H and O–H groups in total. The third kappa shape index (κ3) is 2.95. The number of nitrogens with zero attached hydrogens (tertiary/aromatic N) is 1. The Labute approximate surface area is 101 Å². The van der Waals surface area contributed by atoms with Crippen LogP contribution in [0.5, 0.6) is 0 Å². The highest BCUT2D eigenvalue weighted by atomic mass is 32.2. The summed E-state index contributed by atoms with van der Waals surface area (Å²) in [7, 11) is -3.41. The Morgan fingerprint density at radius 3 is 2.94 bits per heavy atom. The van der Waals surface area contributed by atoms with Crippen molar-refractivity contribution in [2.45, 2.75) is 37.5 Å². The van der Waals surface area contributed by atoms with Crippen LogP contribution in [0.4, 0.5) is 0 Å². The molecule has 5 nitrogen and oxygen atoms in total. The predicted octanol–water partition coefficient (Wildman–Crippen LogP) is 1.50. The van der Waals surface area contributed by atoms with Gasteiger partial charge in [-0.3, -0.25) is 5.10 Å². The van der Waals surface area contributed by atoms with Crippen LogP contribution < -0.4 is 4.72 Å². The first-order chi connectivity index (χ1) is 8.09. The van der Waals surface area contributed by atoms with Gasteiger partial charge in [-0.25, -0.2) is 13.1 Å². The van der Waals surface area contributed by atoms with Gasteiger partial charge in [-0.2, -0.15) is 5.10 Å². The molecule has 0 saturated heterocycles. The Kier molecular flexibility index (Phi) is 3.63. The SMILES string of the molecule is Cc1[nH]ncc1S(=O)(=O)NCCC1=CCCC1. The third-order valence-corrected chi connectivity index (χ3v) is 4.52. The van der Waals surface area contributed by atoms with Gasteiger partial charge in [0.2, 0.25) is 10.0 Å². The van der Waals surface area contributed by atoms with Gasteiger partial charge in [0.25, 0.3) is 0 Å². The highest BCUT2D eigenvalue weighted by molar-refractivity contribution is 7.89. The van der Waals surface area contributed by atoms with E-state index in [1.807, 2.05) is 0 Å². The zero-order chi connectivity index (χ0) is 12.3. The lowest BCUT2D eigenvalue weighted by molar-refractivity contribution is 0.580. The fraction of sp³-hybridized carbons (Fsp3) is 0.545. The van der Waals surface area contributed by atoms with Gasteiger partial charge in [0.05, 0.1) is 11.9 Å². The summed E-state index contributed by atoms with van der Waals surface area (Å²) >= 11 is 0. The molecule has 2 rings (SSSR count). The van der Waals surface area contributed by atoms with Gasteiger partial charge in [0, 0.05) is 6.54 Å². The van der Waals surface area contributed by atoms with Crippen LogP contribution in [0, 0.1) is 6.92 Å². The van der Waals surface area contributed by atoms with Gasteiger partial charge in [-0.15, -0.1) is 0 Å². The molecule has 0 aromatic carbocycles. The maximum absolute atomic E-state index is 11.9. The topological polar surface area (TPSA) is 74.8 Å². The fourth-order valence-corrected chi connectivity index (χ4v) is 3.17. The zero-order valence-electron chi connectivity index (χ0n) is 9.86. The molecule has 1 aliphatic carbocycles. The van der Waals surface area contributed by atoms with Crippen molar-refractivity contribution in [3.8, 4) is 0 Å². The van der Waals surface area contributed by atoms with E-state index >= 15 is 0 Å². The Morgan fingerprint density at radius 2 is 2.35 bits per heavy atom. The molecule has 1 aliphatic rings. The van der Waals surface area contributed by atoms with E-state index in [1.165, 1.54) is 18.2 Å². The summed E-state index contributed by atoms with van der Waals surface area (Å²) < 4.78 is 26.4. The van der Waals surface area contributed by atoms with Gasteiger partial charge < -0.3 is 0 Å². The maximum atomic E-state index is 11.9. The van der Waals surface area contributed by atoms with Gasteiger partial charge in [-0.05, 0) is 32.6 Å². The number of sulfonamides is 1. The minimum atomic E-state index is -3.41. The molecule has 1 aromatic rings. The van der Waals surface area contributed by atoms with Crippen LogP contribution >= 0.6 is 0 Å². The number of aromatic amines is 1. The van der Waals surface area contributed by atoms with Crippen molar-refractivity contribution < 1.29 is 8.42 Å². The first-order valence-corrected chi connectivity index (χ1v) is 7.25. The molecule has 0 amide bonds. The molecule has 0 spiro atoms. The number of nitrogens with one attached hydrogen (secondary N) is 2. The van der Waals surface area contributed by atoms with Crippen molar-refractivity contribution in [2.75, 3.05) is 6.54 Å². The van der Waals surface area contributed by atoms with Crippen LogP contribution in [0.2, 0.25) is 0 Å². The second-order valence-corrected chi connectivity index (χ2v) is 6.00. The molecule has 0 unspecified atom stereocenters. The van der Waals surface area contributed by atoms with Gasteiger partial charge in [0.1, 0.15) is 4.90 Å². The Balaban J connectivity index is 1.92. The molecule has 0 atom stereocenters. The number of allylic oxidation sites excluding steroid dienone is 1. The second kappa shape index (κ2) is 5.01. The average molecular weight is 255 g/mol. The standard InChI is InChI=1S/C11H17N3O2S/c1-9-11(8-12-14-9)17(15,16)13-7-6-10-4-2-3-5-10/h4,8,13H,2-3,5-7H2,1H3,(H,12,14). The van der Waals surface area contributed by atoms with Crippen molar-refractivity contribution in [2.24, 2.45) is 0 Å². The molecule has 6 heteroatoms. The molecule has 94 valence electrons. The number of rotatable bonds is 5. The molecule has 0 fully saturated rings. The smallest absolute Gasteiger partial charge is 0.243 e. The lowest BCUT2D eigenvalue weighted by Crippen LogP contribution is -2.25. The molecule has 1 aromatic heterocycles. The van der Waals surface area contributed by atoms with Crippen molar-refractivity contribution in [1.82, 2.24) is 14.9 Å². The predicted molar refractivity (Wildman–Crippen MR) is 65.1 cm³/mol. The van der Waals surface area contributed by atoms with Crippen LogP contribution in [0.15, 0.2) is 22.7 Å². The quantitative estimate of drug-likeness (QED) is 0.783. The van der Waals surface area contributed by atoms with Gasteiger partial charge in [0.15, 0.2) is 0 Å². The monoisotopic (exact) mass is 255 g/mol. The summed E-state index contributed by atoms with van der Waals surface area (Å²) in [6.07, 6.45) is 7.78.